The average molecular weight is 1140 g/mol. The second kappa shape index (κ2) is 59.6. The van der Waals surface area contributed by atoms with Crippen LogP contribution in [0.2, 0.25) is 0 Å². The van der Waals surface area contributed by atoms with Gasteiger partial charge in [0.1, 0.15) is 25.4 Å². The smallest absolute Gasteiger partial charge is 0.465 e. The number of hydrogen-bond donors (Lipinski definition) is 0. The van der Waals surface area contributed by atoms with E-state index < -0.39 is 12.3 Å². The monoisotopic (exact) mass is 1140 g/mol. The van der Waals surface area contributed by atoms with Crippen LogP contribution in [0.5, 0.6) is 0 Å². The van der Waals surface area contributed by atoms with Crippen LogP contribution in [-0.2, 0) is 38.0 Å². The van der Waals surface area contributed by atoms with Crippen LogP contribution in [0.15, 0.2) is 0 Å². The van der Waals surface area contributed by atoms with E-state index >= 15 is 0 Å². The fourth-order valence-corrected chi connectivity index (χ4v) is 10.8. The Balaban J connectivity index is 4.93. The molecule has 12 heteroatoms. The first-order valence-corrected chi connectivity index (χ1v) is 34.5. The van der Waals surface area contributed by atoms with E-state index in [1.165, 1.54) is 89.9 Å². The summed E-state index contributed by atoms with van der Waals surface area (Å²) < 4.78 is 34.8. The molecule has 0 aromatic heterocycles. The molecule has 0 aromatic rings. The van der Waals surface area contributed by atoms with Crippen molar-refractivity contribution in [2.75, 3.05) is 65.7 Å². The van der Waals surface area contributed by atoms with E-state index in [4.69, 9.17) is 28.4 Å². The first kappa shape index (κ1) is 77.4. The van der Waals surface area contributed by atoms with Crippen molar-refractivity contribution in [3.63, 3.8) is 0 Å². The van der Waals surface area contributed by atoms with Gasteiger partial charge in [-0.05, 0) is 115 Å². The maximum absolute atomic E-state index is 13.1. The third-order valence-corrected chi connectivity index (χ3v) is 16.3. The Morgan fingerprint density at radius 3 is 0.900 bits per heavy atom. The fourth-order valence-electron chi connectivity index (χ4n) is 10.8. The number of unbranched alkanes of at least 4 members (excludes halogenated alkanes) is 24. The lowest BCUT2D eigenvalue weighted by atomic mass is 9.96. The van der Waals surface area contributed by atoms with Gasteiger partial charge in [-0.25, -0.2) is 9.59 Å². The van der Waals surface area contributed by atoms with Gasteiger partial charge in [0.25, 0.3) is 0 Å². The number of carbonyl (C=O) groups excluding carboxylic acids is 4. The summed E-state index contributed by atoms with van der Waals surface area (Å²) in [5.74, 6) is 0.916. The van der Waals surface area contributed by atoms with Gasteiger partial charge in [0.05, 0.1) is 13.2 Å². The maximum Gasteiger partial charge on any atom is 0.508 e. The highest BCUT2D eigenvalue weighted by Crippen LogP contribution is 2.22. The lowest BCUT2D eigenvalue weighted by Gasteiger charge is -2.26. The molecule has 0 saturated heterocycles. The number of rotatable bonds is 61. The quantitative estimate of drug-likeness (QED) is 0.0326. The minimum Gasteiger partial charge on any atom is -0.465 e. The van der Waals surface area contributed by atoms with E-state index in [1.807, 2.05) is 0 Å². The highest BCUT2D eigenvalue weighted by atomic mass is 16.7. The molecule has 0 spiro atoms. The van der Waals surface area contributed by atoms with Gasteiger partial charge < -0.3 is 33.3 Å². The Labute approximate surface area is 494 Å². The Morgan fingerprint density at radius 1 is 0.300 bits per heavy atom. The molecule has 0 aliphatic rings. The SMILES string of the molecule is CCCCCCC(CCCCCCCCC(=O)OCC(CCCCC)CCCCC)OC(=O)OCCN(CCOC(=O)OC(CCCCCC)CCCCCCCCC(=O)OCC(CCCCC)CCCCC)CCN(CC)CC. The Kier molecular flexibility index (Phi) is 57.6. The third kappa shape index (κ3) is 51.1. The molecule has 0 N–H and O–H groups in total. The van der Waals surface area contributed by atoms with Gasteiger partial charge in [-0.15, -0.1) is 0 Å². The number of ether oxygens (including phenoxy) is 6. The van der Waals surface area contributed by atoms with E-state index in [9.17, 15) is 19.2 Å². The Morgan fingerprint density at radius 2 is 0.575 bits per heavy atom. The van der Waals surface area contributed by atoms with Crippen LogP contribution >= 0.6 is 0 Å². The molecule has 0 heterocycles. The lowest BCUT2D eigenvalue weighted by molar-refractivity contribution is -0.146. The lowest BCUT2D eigenvalue weighted by Crippen LogP contribution is -2.39. The maximum atomic E-state index is 13.1. The van der Waals surface area contributed by atoms with Crippen LogP contribution in [-0.4, -0.2) is 112 Å². The normalized spacial score (nSPS) is 12.4. The average Bonchev–Trinajstić information content (AvgIpc) is 3.45. The molecule has 0 bridgehead atoms. The second-order valence-electron chi connectivity index (χ2n) is 23.6. The zero-order valence-corrected chi connectivity index (χ0v) is 54.1. The van der Waals surface area contributed by atoms with Crippen LogP contribution in [0.1, 0.15) is 325 Å². The van der Waals surface area contributed by atoms with E-state index in [0.717, 1.165) is 193 Å². The molecule has 0 fully saturated rings. The van der Waals surface area contributed by atoms with Gasteiger partial charge in [0, 0.05) is 39.0 Å². The minimum atomic E-state index is -0.606. The molecule has 2 atom stereocenters. The number of carbonyl (C=O) groups is 4. The summed E-state index contributed by atoms with van der Waals surface area (Å²) in [5, 5.41) is 0. The number of hydrogen-bond acceptors (Lipinski definition) is 12. The van der Waals surface area contributed by atoms with Crippen LogP contribution < -0.4 is 0 Å². The summed E-state index contributed by atoms with van der Waals surface area (Å²) in [7, 11) is 0. The van der Waals surface area contributed by atoms with Crippen molar-refractivity contribution >= 4 is 24.2 Å². The molecular weight excluding hydrogens is 1000 g/mol. The van der Waals surface area contributed by atoms with Gasteiger partial charge in [-0.2, -0.15) is 0 Å². The summed E-state index contributed by atoms with van der Waals surface area (Å²) in [6.07, 6.45) is 43.6. The molecule has 12 nitrogen and oxygen atoms in total. The molecule has 474 valence electrons. The molecule has 80 heavy (non-hydrogen) atoms. The second-order valence-corrected chi connectivity index (χ2v) is 23.6. The summed E-state index contributed by atoms with van der Waals surface area (Å²) >= 11 is 0. The van der Waals surface area contributed by atoms with Crippen LogP contribution in [0.3, 0.4) is 0 Å². The Bertz CT molecular complexity index is 1250. The molecule has 0 amide bonds. The highest BCUT2D eigenvalue weighted by Gasteiger charge is 2.20. The van der Waals surface area contributed by atoms with Gasteiger partial charge in [0.15, 0.2) is 0 Å². The zero-order chi connectivity index (χ0) is 58.8. The van der Waals surface area contributed by atoms with Crippen molar-refractivity contribution in [3.8, 4) is 0 Å². The molecule has 0 aliphatic carbocycles. The molecular formula is C68H132N2O10. The van der Waals surface area contributed by atoms with Crippen molar-refractivity contribution in [3.05, 3.63) is 0 Å². The van der Waals surface area contributed by atoms with E-state index in [1.54, 1.807) is 0 Å². The number of nitrogens with zero attached hydrogens (tertiary/aromatic N) is 2. The standard InChI is InChI=1S/C68H132N2O10/c1-9-17-23-37-47-63(49-39-29-25-27-31-41-51-65(71)77-59-61(43-33-19-11-3)44-34-20-12-4)79-67(73)75-57-55-70(54-53-69(15-7)16-8)56-58-76-68(74)80-64(48-38-24-18-10-2)50-40-30-26-28-32-42-52-66(72)78-60-62(45-35-21-13-5)46-36-22-14-6/h61-64H,9-60H2,1-8H3. The van der Waals surface area contributed by atoms with Gasteiger partial charge >= 0.3 is 24.2 Å². The van der Waals surface area contributed by atoms with Crippen molar-refractivity contribution in [1.29, 1.82) is 0 Å². The number of likely N-dealkylation sites (N-methyl/N-ethyl adjacent to an activating group) is 1. The minimum absolute atomic E-state index is 0.0426. The predicted molar refractivity (Wildman–Crippen MR) is 334 cm³/mol. The summed E-state index contributed by atoms with van der Waals surface area (Å²) in [6, 6.07) is 0. The first-order valence-electron chi connectivity index (χ1n) is 34.5. The molecule has 2 unspecified atom stereocenters. The van der Waals surface area contributed by atoms with Crippen LogP contribution in [0.4, 0.5) is 9.59 Å². The van der Waals surface area contributed by atoms with Crippen molar-refractivity contribution < 1.29 is 47.6 Å². The number of esters is 2. The van der Waals surface area contributed by atoms with Gasteiger partial charge in [0.2, 0.25) is 0 Å². The third-order valence-electron chi connectivity index (χ3n) is 16.3. The summed E-state index contributed by atoms with van der Waals surface area (Å²) in [5.41, 5.74) is 0. The molecule has 0 aromatic carbocycles. The molecule has 0 aliphatic heterocycles. The largest absolute Gasteiger partial charge is 0.508 e. The predicted octanol–water partition coefficient (Wildman–Crippen LogP) is 19.5. The fraction of sp³-hybridized carbons (Fsp3) is 0.941. The van der Waals surface area contributed by atoms with Crippen LogP contribution in [0, 0.1) is 11.8 Å². The topological polar surface area (TPSA) is 130 Å². The van der Waals surface area contributed by atoms with Gasteiger partial charge in [-0.3, -0.25) is 14.5 Å². The van der Waals surface area contributed by atoms with E-state index in [0.29, 0.717) is 51.0 Å². The first-order chi connectivity index (χ1) is 39.1. The van der Waals surface area contributed by atoms with E-state index in [-0.39, 0.29) is 37.4 Å². The van der Waals surface area contributed by atoms with Crippen molar-refractivity contribution in [2.24, 2.45) is 11.8 Å². The van der Waals surface area contributed by atoms with Crippen LogP contribution in [0.25, 0.3) is 0 Å². The summed E-state index contributed by atoms with van der Waals surface area (Å²) in [4.78, 5) is 55.9. The summed E-state index contributed by atoms with van der Waals surface area (Å²) in [6.45, 7) is 23.8. The van der Waals surface area contributed by atoms with Crippen molar-refractivity contribution in [1.82, 2.24) is 9.80 Å². The highest BCUT2D eigenvalue weighted by molar-refractivity contribution is 5.69. The van der Waals surface area contributed by atoms with Crippen molar-refractivity contribution in [2.45, 2.75) is 337 Å². The molecule has 0 radical (unpaired) electrons. The molecule has 0 rings (SSSR count). The Hall–Kier alpha value is -2.60. The zero-order valence-electron chi connectivity index (χ0n) is 54.1. The van der Waals surface area contributed by atoms with Gasteiger partial charge in [-0.1, -0.05) is 222 Å². The van der Waals surface area contributed by atoms with E-state index in [2.05, 4.69) is 65.2 Å². The molecule has 0 saturated carbocycles.